The van der Waals surface area contributed by atoms with Crippen LogP contribution in [0, 0.1) is 11.8 Å². The van der Waals surface area contributed by atoms with Crippen molar-refractivity contribution in [2.24, 2.45) is 11.8 Å². The molecule has 0 radical (unpaired) electrons. The molecule has 0 aliphatic heterocycles. The van der Waals surface area contributed by atoms with Gasteiger partial charge in [0.05, 0.1) is 13.2 Å². The van der Waals surface area contributed by atoms with Crippen molar-refractivity contribution in [3.8, 4) is 0 Å². The largest absolute Gasteiger partial charge is 2.00 e. The van der Waals surface area contributed by atoms with Crippen LogP contribution in [0.2, 0.25) is 0 Å². The van der Waals surface area contributed by atoms with Crippen LogP contribution in [0.4, 0.5) is 0 Å². The molecule has 2 unspecified atom stereocenters. The number of rotatable bonds is 58. The van der Waals surface area contributed by atoms with Crippen molar-refractivity contribution in [2.45, 2.75) is 349 Å². The average Bonchev–Trinajstić information content (AvgIpc) is 3.35. The van der Waals surface area contributed by atoms with Crippen LogP contribution in [0.5, 0.6) is 0 Å². The van der Waals surface area contributed by atoms with Gasteiger partial charge in [-0.15, -0.1) is 0 Å². The molecule has 0 amide bonds. The van der Waals surface area contributed by atoms with E-state index in [1.165, 1.54) is 283 Å². The van der Waals surface area contributed by atoms with E-state index in [2.05, 4.69) is 60.4 Å². The Morgan fingerprint density at radius 3 is 0.671 bits per heavy atom. The first kappa shape index (κ1) is 77.7. The zero-order valence-corrected chi connectivity index (χ0v) is 52.9. The molecule has 0 saturated heterocycles. The summed E-state index contributed by atoms with van der Waals surface area (Å²) >= 11 is 0. The minimum Gasteiger partial charge on any atom is -0.726 e. The third-order valence-electron chi connectivity index (χ3n) is 14.5. The van der Waals surface area contributed by atoms with Crippen molar-refractivity contribution in [3.05, 3.63) is 24.3 Å². The Bertz CT molecular complexity index is 1230. The summed E-state index contributed by atoms with van der Waals surface area (Å²) in [5.41, 5.74) is 0. The molecule has 11 heteroatoms. The van der Waals surface area contributed by atoms with E-state index in [1.807, 2.05) is 0 Å². The predicted octanol–water partition coefficient (Wildman–Crippen LogP) is 20.5. The van der Waals surface area contributed by atoms with Crippen LogP contribution in [-0.4, -0.2) is 76.9 Å². The molecule has 73 heavy (non-hydrogen) atoms. The van der Waals surface area contributed by atoms with Crippen LogP contribution in [0.25, 0.3) is 0 Å². The number of allylic oxidation sites excluding steroid dienone is 2. The molecular formula is C62H122CaO8S2. The SMILES string of the molecule is CCCCCCCCCCCC/C=C/C(CCCCCCCCCCCCCCC)COS(=O)(=O)[O-].CCCCCCCCCCCC/C=C/C(CCCCCCCCCCCCCCC)COS(=O)(=O)[O-].[Ca+2]. The first-order chi connectivity index (χ1) is 35.0. The van der Waals surface area contributed by atoms with Gasteiger partial charge in [0.15, 0.2) is 0 Å². The molecule has 0 saturated carbocycles. The van der Waals surface area contributed by atoms with Gasteiger partial charge >= 0.3 is 37.7 Å². The van der Waals surface area contributed by atoms with E-state index in [1.54, 1.807) is 0 Å². The summed E-state index contributed by atoms with van der Waals surface area (Å²) in [7, 11) is -9.23. The van der Waals surface area contributed by atoms with Gasteiger partial charge in [-0.2, -0.15) is 0 Å². The molecule has 0 aromatic carbocycles. The van der Waals surface area contributed by atoms with Gasteiger partial charge in [0.2, 0.25) is 20.8 Å². The smallest absolute Gasteiger partial charge is 0.726 e. The maximum absolute atomic E-state index is 10.9. The Labute approximate surface area is 487 Å². The van der Waals surface area contributed by atoms with Gasteiger partial charge in [-0.1, -0.05) is 335 Å². The van der Waals surface area contributed by atoms with Crippen LogP contribution in [0.3, 0.4) is 0 Å². The summed E-state index contributed by atoms with van der Waals surface area (Å²) < 4.78 is 74.5. The molecule has 0 aliphatic carbocycles. The van der Waals surface area contributed by atoms with E-state index in [9.17, 15) is 25.9 Å². The average molecular weight is 1100 g/mol. The molecule has 8 nitrogen and oxygen atoms in total. The van der Waals surface area contributed by atoms with E-state index >= 15 is 0 Å². The summed E-state index contributed by atoms with van der Waals surface area (Å²) in [5.74, 6) is 0.0362. The molecule has 0 spiro atoms. The second-order valence-electron chi connectivity index (χ2n) is 21.8. The van der Waals surface area contributed by atoms with Gasteiger partial charge in [-0.05, 0) is 38.5 Å². The minimum atomic E-state index is -4.62. The van der Waals surface area contributed by atoms with Crippen molar-refractivity contribution >= 4 is 58.5 Å². The maximum atomic E-state index is 10.9. The second-order valence-corrected chi connectivity index (χ2v) is 23.9. The molecule has 0 heterocycles. The molecule has 0 N–H and O–H groups in total. The molecule has 0 aromatic heterocycles. The van der Waals surface area contributed by atoms with Gasteiger partial charge in [-0.3, -0.25) is 8.37 Å². The van der Waals surface area contributed by atoms with Crippen molar-refractivity contribution in [2.75, 3.05) is 13.2 Å². The van der Waals surface area contributed by atoms with Crippen molar-refractivity contribution in [1.29, 1.82) is 0 Å². The van der Waals surface area contributed by atoms with Gasteiger partial charge in [0.25, 0.3) is 0 Å². The summed E-state index contributed by atoms with van der Waals surface area (Å²) in [6, 6.07) is 0. The Kier molecular flexibility index (Phi) is 67.4. The molecule has 0 fully saturated rings. The Morgan fingerprint density at radius 2 is 0.479 bits per heavy atom. The molecule has 0 aromatic rings. The monoisotopic (exact) mass is 1100 g/mol. The standard InChI is InChI=1S/2C31H62O4S.Ca/c2*1-3-5-7-9-11-13-15-17-19-21-23-25-27-29-31(30-35-36(32,33)34)28-26-24-22-20-18-16-14-12-10-8-6-4-2;/h2*26,28,31H,3-25,27,29-30H2,1-2H3,(H,32,33,34);/q;;+2/p-2/b2*28-26+;. The Hall–Kier alpha value is 0.480. The van der Waals surface area contributed by atoms with Crippen LogP contribution in [0.1, 0.15) is 349 Å². The Balaban J connectivity index is -0.00000132. The molecular weight excluding hydrogens is 977 g/mol. The number of unbranched alkanes of at least 4 members (excludes halogenated alkanes) is 44. The minimum absolute atomic E-state index is 0. The molecule has 0 rings (SSSR count). The first-order valence-electron chi connectivity index (χ1n) is 31.5. The summed E-state index contributed by atoms with van der Waals surface area (Å²) in [6.45, 7) is 9.02. The van der Waals surface area contributed by atoms with Crippen molar-refractivity contribution in [1.82, 2.24) is 0 Å². The fourth-order valence-electron chi connectivity index (χ4n) is 9.74. The van der Waals surface area contributed by atoms with Crippen molar-refractivity contribution < 1.29 is 34.3 Å². The van der Waals surface area contributed by atoms with Crippen molar-refractivity contribution in [3.63, 3.8) is 0 Å². The third kappa shape index (κ3) is 72.5. The normalized spacial score (nSPS) is 12.9. The third-order valence-corrected chi connectivity index (χ3v) is 15.3. The van der Waals surface area contributed by atoms with Crippen LogP contribution in [-0.2, 0) is 29.2 Å². The fraction of sp³-hybridized carbons (Fsp3) is 0.935. The molecule has 0 aliphatic rings. The van der Waals surface area contributed by atoms with E-state index < -0.39 is 20.8 Å². The summed E-state index contributed by atoms with van der Waals surface area (Å²) in [6.07, 6.45) is 73.1. The van der Waals surface area contributed by atoms with Gasteiger partial charge in [0.1, 0.15) is 0 Å². The number of hydrogen-bond donors (Lipinski definition) is 0. The van der Waals surface area contributed by atoms with E-state index in [4.69, 9.17) is 0 Å². The summed E-state index contributed by atoms with van der Waals surface area (Å²) in [5, 5.41) is 0. The van der Waals surface area contributed by atoms with Gasteiger partial charge in [0, 0.05) is 11.8 Å². The maximum Gasteiger partial charge on any atom is 2.00 e. The van der Waals surface area contributed by atoms with E-state index in [0.29, 0.717) is 0 Å². The molecule has 2 atom stereocenters. The zero-order chi connectivity index (χ0) is 53.2. The topological polar surface area (TPSA) is 133 Å². The van der Waals surface area contributed by atoms with E-state index in [0.717, 1.165) is 38.5 Å². The van der Waals surface area contributed by atoms with Crippen LogP contribution < -0.4 is 0 Å². The van der Waals surface area contributed by atoms with Gasteiger partial charge < -0.3 is 9.11 Å². The second kappa shape index (κ2) is 63.3. The quantitative estimate of drug-likeness (QED) is 0.0193. The molecule has 432 valence electrons. The van der Waals surface area contributed by atoms with E-state index in [-0.39, 0.29) is 62.8 Å². The number of hydrogen-bond acceptors (Lipinski definition) is 8. The zero-order valence-electron chi connectivity index (χ0n) is 49.0. The fourth-order valence-corrected chi connectivity index (χ4v) is 10.4. The van der Waals surface area contributed by atoms with Gasteiger partial charge in [-0.25, -0.2) is 16.8 Å². The summed E-state index contributed by atoms with van der Waals surface area (Å²) in [4.78, 5) is 0. The Morgan fingerprint density at radius 1 is 0.301 bits per heavy atom. The van der Waals surface area contributed by atoms with Crippen LogP contribution in [0.15, 0.2) is 24.3 Å². The first-order valence-corrected chi connectivity index (χ1v) is 34.2. The van der Waals surface area contributed by atoms with Crippen LogP contribution >= 0.6 is 0 Å². The molecule has 0 bridgehead atoms. The predicted molar refractivity (Wildman–Crippen MR) is 316 cm³/mol.